The number of rotatable bonds is 6. The van der Waals surface area contributed by atoms with E-state index in [0.29, 0.717) is 6.54 Å². The van der Waals surface area contributed by atoms with Crippen LogP contribution in [0.4, 0.5) is 0 Å². The van der Waals surface area contributed by atoms with Gasteiger partial charge in [0.1, 0.15) is 5.75 Å². The number of ether oxygens (including phenoxy) is 1. The van der Waals surface area contributed by atoms with Gasteiger partial charge in [0.15, 0.2) is 0 Å². The Kier molecular flexibility index (Phi) is 5.16. The second-order valence-electron chi connectivity index (χ2n) is 4.93. The highest BCUT2D eigenvalue weighted by atomic mass is 16.5. The third kappa shape index (κ3) is 3.59. The number of likely N-dealkylation sites (N-methyl/N-ethyl adjacent to an activating group) is 1. The highest BCUT2D eigenvalue weighted by molar-refractivity contribution is 5.28. The number of benzene rings is 2. The first-order chi connectivity index (χ1) is 9.74. The molecule has 0 saturated carbocycles. The minimum atomic E-state index is 0.224. The van der Waals surface area contributed by atoms with Crippen molar-refractivity contribution in [1.82, 2.24) is 4.90 Å². The van der Waals surface area contributed by atoms with Crippen molar-refractivity contribution in [3.8, 4) is 5.75 Å². The average molecular weight is 270 g/mol. The molecule has 3 nitrogen and oxygen atoms in total. The molecule has 1 unspecified atom stereocenters. The zero-order valence-corrected chi connectivity index (χ0v) is 12.1. The number of nitrogens with two attached hydrogens (primary N) is 1. The second-order valence-corrected chi connectivity index (χ2v) is 4.93. The van der Waals surface area contributed by atoms with Crippen molar-refractivity contribution >= 4 is 0 Å². The second kappa shape index (κ2) is 7.08. The number of hydrogen-bond donors (Lipinski definition) is 1. The summed E-state index contributed by atoms with van der Waals surface area (Å²) in [5, 5.41) is 0. The van der Waals surface area contributed by atoms with Crippen molar-refractivity contribution < 1.29 is 4.74 Å². The average Bonchev–Trinajstić information content (AvgIpc) is 2.49. The van der Waals surface area contributed by atoms with Crippen LogP contribution in [0.3, 0.4) is 0 Å². The van der Waals surface area contributed by atoms with Gasteiger partial charge in [0.25, 0.3) is 0 Å². The predicted octanol–water partition coefficient (Wildman–Crippen LogP) is 2.83. The summed E-state index contributed by atoms with van der Waals surface area (Å²) >= 11 is 0. The molecule has 0 bridgehead atoms. The maximum absolute atomic E-state index is 5.95. The van der Waals surface area contributed by atoms with Gasteiger partial charge in [0.2, 0.25) is 0 Å². The van der Waals surface area contributed by atoms with E-state index in [1.807, 2.05) is 18.2 Å². The summed E-state index contributed by atoms with van der Waals surface area (Å²) in [6, 6.07) is 18.8. The molecule has 3 heteroatoms. The molecule has 0 saturated heterocycles. The monoisotopic (exact) mass is 270 g/mol. The highest BCUT2D eigenvalue weighted by Gasteiger charge is 2.15. The fraction of sp³-hybridized carbons (Fsp3) is 0.294. The standard InChI is InChI=1S/C17H22N2O/c1-19(13-14-7-6-10-16(11-14)20-2)17(12-18)15-8-4-3-5-9-15/h3-11,17H,12-13,18H2,1-2H3. The van der Waals surface area contributed by atoms with Crippen LogP contribution in [0.1, 0.15) is 17.2 Å². The molecule has 0 spiro atoms. The molecule has 2 aromatic carbocycles. The van der Waals surface area contributed by atoms with Crippen molar-refractivity contribution in [3.05, 3.63) is 65.7 Å². The quantitative estimate of drug-likeness (QED) is 0.877. The Balaban J connectivity index is 2.11. The van der Waals surface area contributed by atoms with Crippen LogP contribution in [0, 0.1) is 0 Å². The van der Waals surface area contributed by atoms with E-state index in [-0.39, 0.29) is 6.04 Å². The highest BCUT2D eigenvalue weighted by Crippen LogP contribution is 2.21. The fourth-order valence-electron chi connectivity index (χ4n) is 2.41. The van der Waals surface area contributed by atoms with Crippen LogP contribution in [0.2, 0.25) is 0 Å². The van der Waals surface area contributed by atoms with Crippen LogP contribution in [0.15, 0.2) is 54.6 Å². The third-order valence-electron chi connectivity index (χ3n) is 3.51. The normalized spacial score (nSPS) is 12.4. The van der Waals surface area contributed by atoms with E-state index in [1.165, 1.54) is 11.1 Å². The van der Waals surface area contributed by atoms with Gasteiger partial charge in [-0.25, -0.2) is 0 Å². The van der Waals surface area contributed by atoms with Gasteiger partial charge in [-0.05, 0) is 30.3 Å². The molecule has 20 heavy (non-hydrogen) atoms. The van der Waals surface area contributed by atoms with Gasteiger partial charge in [0, 0.05) is 19.1 Å². The Hall–Kier alpha value is -1.84. The molecule has 0 aliphatic heterocycles. The SMILES string of the molecule is COc1cccc(CN(C)C(CN)c2ccccc2)c1. The third-order valence-corrected chi connectivity index (χ3v) is 3.51. The van der Waals surface area contributed by atoms with Gasteiger partial charge >= 0.3 is 0 Å². The van der Waals surface area contributed by atoms with Crippen LogP contribution < -0.4 is 10.5 Å². The van der Waals surface area contributed by atoms with Crippen molar-refractivity contribution in [2.45, 2.75) is 12.6 Å². The number of hydrogen-bond acceptors (Lipinski definition) is 3. The van der Waals surface area contributed by atoms with E-state index < -0.39 is 0 Å². The van der Waals surface area contributed by atoms with E-state index in [4.69, 9.17) is 10.5 Å². The minimum absolute atomic E-state index is 0.224. The molecular weight excluding hydrogens is 248 g/mol. The molecule has 2 aromatic rings. The lowest BCUT2D eigenvalue weighted by atomic mass is 10.1. The van der Waals surface area contributed by atoms with E-state index in [9.17, 15) is 0 Å². The molecular formula is C17H22N2O. The number of methoxy groups -OCH3 is 1. The summed E-state index contributed by atoms with van der Waals surface area (Å²) in [5.41, 5.74) is 8.42. The van der Waals surface area contributed by atoms with Crippen molar-refractivity contribution in [2.75, 3.05) is 20.7 Å². The zero-order valence-electron chi connectivity index (χ0n) is 12.1. The first kappa shape index (κ1) is 14.6. The first-order valence-corrected chi connectivity index (χ1v) is 6.82. The van der Waals surface area contributed by atoms with Gasteiger partial charge in [0.05, 0.1) is 7.11 Å². The maximum Gasteiger partial charge on any atom is 0.119 e. The summed E-state index contributed by atoms with van der Waals surface area (Å²) in [6.07, 6.45) is 0. The number of nitrogens with zero attached hydrogens (tertiary/aromatic N) is 1. The van der Waals surface area contributed by atoms with Crippen LogP contribution in [-0.4, -0.2) is 25.6 Å². The largest absolute Gasteiger partial charge is 0.497 e. The molecule has 0 radical (unpaired) electrons. The topological polar surface area (TPSA) is 38.5 Å². The first-order valence-electron chi connectivity index (χ1n) is 6.82. The smallest absolute Gasteiger partial charge is 0.119 e. The Labute approximate surface area is 121 Å². The zero-order chi connectivity index (χ0) is 14.4. The molecule has 0 aliphatic carbocycles. The lowest BCUT2D eigenvalue weighted by Crippen LogP contribution is -2.30. The Morgan fingerprint density at radius 1 is 1.10 bits per heavy atom. The summed E-state index contributed by atoms with van der Waals surface area (Å²) in [7, 11) is 3.79. The Morgan fingerprint density at radius 3 is 2.50 bits per heavy atom. The minimum Gasteiger partial charge on any atom is -0.497 e. The molecule has 0 aromatic heterocycles. The van der Waals surface area contributed by atoms with Crippen LogP contribution in [0.5, 0.6) is 5.75 Å². The van der Waals surface area contributed by atoms with Crippen molar-refractivity contribution in [1.29, 1.82) is 0 Å². The molecule has 0 fully saturated rings. The van der Waals surface area contributed by atoms with E-state index in [1.54, 1.807) is 7.11 Å². The molecule has 2 N–H and O–H groups in total. The van der Waals surface area contributed by atoms with Gasteiger partial charge in [-0.3, -0.25) is 4.90 Å². The van der Waals surface area contributed by atoms with E-state index in [0.717, 1.165) is 12.3 Å². The predicted molar refractivity (Wildman–Crippen MR) is 82.7 cm³/mol. The van der Waals surface area contributed by atoms with Gasteiger partial charge in [-0.2, -0.15) is 0 Å². The molecule has 106 valence electrons. The summed E-state index contributed by atoms with van der Waals surface area (Å²) < 4.78 is 5.26. The Bertz CT molecular complexity index is 528. The van der Waals surface area contributed by atoms with Crippen molar-refractivity contribution in [3.63, 3.8) is 0 Å². The van der Waals surface area contributed by atoms with Crippen molar-refractivity contribution in [2.24, 2.45) is 5.73 Å². The lowest BCUT2D eigenvalue weighted by molar-refractivity contribution is 0.241. The van der Waals surface area contributed by atoms with Crippen LogP contribution in [-0.2, 0) is 6.54 Å². The molecule has 2 rings (SSSR count). The van der Waals surface area contributed by atoms with Crippen LogP contribution in [0.25, 0.3) is 0 Å². The summed E-state index contributed by atoms with van der Waals surface area (Å²) in [5.74, 6) is 0.889. The molecule has 1 atom stereocenters. The molecule has 0 heterocycles. The van der Waals surface area contributed by atoms with Gasteiger partial charge in [-0.15, -0.1) is 0 Å². The summed E-state index contributed by atoms with van der Waals surface area (Å²) in [6.45, 7) is 1.44. The summed E-state index contributed by atoms with van der Waals surface area (Å²) in [4.78, 5) is 2.27. The van der Waals surface area contributed by atoms with E-state index in [2.05, 4.69) is 48.3 Å². The maximum atomic E-state index is 5.95. The molecule has 0 aliphatic rings. The van der Waals surface area contributed by atoms with Crippen LogP contribution >= 0.6 is 0 Å². The Morgan fingerprint density at radius 2 is 1.85 bits per heavy atom. The molecule has 0 amide bonds. The van der Waals surface area contributed by atoms with Gasteiger partial charge in [-0.1, -0.05) is 42.5 Å². The van der Waals surface area contributed by atoms with E-state index >= 15 is 0 Å². The fourth-order valence-corrected chi connectivity index (χ4v) is 2.41. The lowest BCUT2D eigenvalue weighted by Gasteiger charge is -2.27. The van der Waals surface area contributed by atoms with Gasteiger partial charge < -0.3 is 10.5 Å².